The standard InChI is InChI=1S/C13H18OS/c1-10-5-7-12(8-6-10)15-13-4-2-3-11(14)9-13/h2-4,9-10,12,14H,5-8H2,1H3. The molecule has 1 fully saturated rings. The van der Waals surface area contributed by atoms with Crippen molar-refractivity contribution in [1.29, 1.82) is 0 Å². The predicted octanol–water partition coefficient (Wildman–Crippen LogP) is 4.06. The highest BCUT2D eigenvalue weighted by molar-refractivity contribution is 8.00. The Balaban J connectivity index is 1.92. The Hall–Kier alpha value is -0.630. The Morgan fingerprint density at radius 1 is 1.20 bits per heavy atom. The topological polar surface area (TPSA) is 20.2 Å². The third-order valence-electron chi connectivity index (χ3n) is 3.08. The van der Waals surface area contributed by atoms with Gasteiger partial charge in [0.2, 0.25) is 0 Å². The smallest absolute Gasteiger partial charge is 0.116 e. The summed E-state index contributed by atoms with van der Waals surface area (Å²) in [7, 11) is 0. The van der Waals surface area contributed by atoms with Gasteiger partial charge in [0.1, 0.15) is 5.75 Å². The normalized spacial score (nSPS) is 26.5. The number of aromatic hydroxyl groups is 1. The van der Waals surface area contributed by atoms with Gasteiger partial charge < -0.3 is 5.11 Å². The molecule has 0 unspecified atom stereocenters. The van der Waals surface area contributed by atoms with Crippen LogP contribution in [0.1, 0.15) is 32.6 Å². The first-order chi connectivity index (χ1) is 7.24. The first-order valence-electron chi connectivity index (χ1n) is 5.70. The first-order valence-corrected chi connectivity index (χ1v) is 6.57. The van der Waals surface area contributed by atoms with Crippen molar-refractivity contribution in [3.63, 3.8) is 0 Å². The molecule has 0 atom stereocenters. The van der Waals surface area contributed by atoms with E-state index < -0.39 is 0 Å². The van der Waals surface area contributed by atoms with Gasteiger partial charge in [-0.1, -0.05) is 13.0 Å². The van der Waals surface area contributed by atoms with Gasteiger partial charge in [-0.3, -0.25) is 0 Å². The molecule has 0 heterocycles. The Bertz CT molecular complexity index is 316. The zero-order valence-corrected chi connectivity index (χ0v) is 9.96. The van der Waals surface area contributed by atoms with Gasteiger partial charge in [-0.05, 0) is 49.8 Å². The SMILES string of the molecule is CC1CCC(Sc2cccc(O)c2)CC1. The first kappa shape index (κ1) is 10.9. The molecule has 0 radical (unpaired) electrons. The Kier molecular flexibility index (Phi) is 3.57. The lowest BCUT2D eigenvalue weighted by Gasteiger charge is -2.25. The number of hydrogen-bond acceptors (Lipinski definition) is 2. The third kappa shape index (κ3) is 3.16. The molecule has 0 saturated heterocycles. The summed E-state index contributed by atoms with van der Waals surface area (Å²) in [6.45, 7) is 2.34. The molecule has 1 aromatic carbocycles. The summed E-state index contributed by atoms with van der Waals surface area (Å²) in [4.78, 5) is 1.20. The van der Waals surface area contributed by atoms with Gasteiger partial charge in [0.25, 0.3) is 0 Å². The van der Waals surface area contributed by atoms with Crippen LogP contribution in [0.3, 0.4) is 0 Å². The van der Waals surface area contributed by atoms with E-state index in [1.165, 1.54) is 30.6 Å². The van der Waals surface area contributed by atoms with Gasteiger partial charge in [-0.25, -0.2) is 0 Å². The summed E-state index contributed by atoms with van der Waals surface area (Å²) >= 11 is 1.92. The maximum atomic E-state index is 9.37. The Labute approximate surface area is 95.9 Å². The summed E-state index contributed by atoms with van der Waals surface area (Å²) in [5.74, 6) is 1.29. The highest BCUT2D eigenvalue weighted by Crippen LogP contribution is 2.36. The maximum Gasteiger partial charge on any atom is 0.116 e. The molecule has 1 N–H and O–H groups in total. The lowest BCUT2D eigenvalue weighted by molar-refractivity contribution is 0.393. The summed E-state index contributed by atoms with van der Waals surface area (Å²) < 4.78 is 0. The highest BCUT2D eigenvalue weighted by Gasteiger charge is 2.18. The molecule has 0 spiro atoms. The fourth-order valence-electron chi connectivity index (χ4n) is 2.10. The molecule has 1 aromatic rings. The molecule has 1 aliphatic rings. The monoisotopic (exact) mass is 222 g/mol. The van der Waals surface area contributed by atoms with Crippen LogP contribution in [-0.4, -0.2) is 10.4 Å². The number of benzene rings is 1. The zero-order chi connectivity index (χ0) is 10.7. The number of rotatable bonds is 2. The minimum Gasteiger partial charge on any atom is -0.508 e. The van der Waals surface area contributed by atoms with Crippen LogP contribution in [-0.2, 0) is 0 Å². The predicted molar refractivity (Wildman–Crippen MR) is 65.4 cm³/mol. The molecule has 0 aliphatic heterocycles. The van der Waals surface area contributed by atoms with E-state index in [9.17, 15) is 5.11 Å². The fourth-order valence-corrected chi connectivity index (χ4v) is 3.34. The molecule has 0 bridgehead atoms. The molecule has 1 saturated carbocycles. The van der Waals surface area contributed by atoms with Crippen LogP contribution in [0.2, 0.25) is 0 Å². The van der Waals surface area contributed by atoms with Crippen LogP contribution < -0.4 is 0 Å². The average molecular weight is 222 g/mol. The van der Waals surface area contributed by atoms with E-state index >= 15 is 0 Å². The van der Waals surface area contributed by atoms with E-state index in [-0.39, 0.29) is 0 Å². The van der Waals surface area contributed by atoms with Crippen LogP contribution in [0.5, 0.6) is 5.75 Å². The Morgan fingerprint density at radius 3 is 2.60 bits per heavy atom. The molecule has 15 heavy (non-hydrogen) atoms. The molecule has 2 rings (SSSR count). The lowest BCUT2D eigenvalue weighted by Crippen LogP contribution is -2.13. The van der Waals surface area contributed by atoms with Crippen molar-refractivity contribution in [2.75, 3.05) is 0 Å². The number of phenols is 1. The van der Waals surface area contributed by atoms with E-state index in [2.05, 4.69) is 13.0 Å². The minimum atomic E-state index is 0.379. The van der Waals surface area contributed by atoms with Gasteiger partial charge >= 0.3 is 0 Å². The van der Waals surface area contributed by atoms with Crippen molar-refractivity contribution in [3.05, 3.63) is 24.3 Å². The van der Waals surface area contributed by atoms with Gasteiger partial charge in [0, 0.05) is 10.1 Å². The zero-order valence-electron chi connectivity index (χ0n) is 9.15. The molecule has 1 nitrogen and oxygen atoms in total. The van der Waals surface area contributed by atoms with E-state index in [0.29, 0.717) is 5.75 Å². The maximum absolute atomic E-state index is 9.37. The van der Waals surface area contributed by atoms with Crippen molar-refractivity contribution < 1.29 is 5.11 Å². The molecular weight excluding hydrogens is 204 g/mol. The van der Waals surface area contributed by atoms with Crippen molar-refractivity contribution in [1.82, 2.24) is 0 Å². The fraction of sp³-hybridized carbons (Fsp3) is 0.538. The molecule has 82 valence electrons. The van der Waals surface area contributed by atoms with E-state index in [1.807, 2.05) is 23.9 Å². The average Bonchev–Trinajstić information content (AvgIpc) is 2.22. The van der Waals surface area contributed by atoms with Gasteiger partial charge in [-0.2, -0.15) is 0 Å². The van der Waals surface area contributed by atoms with Gasteiger partial charge in [0.15, 0.2) is 0 Å². The molecular formula is C13H18OS. The van der Waals surface area contributed by atoms with Crippen LogP contribution in [0, 0.1) is 5.92 Å². The van der Waals surface area contributed by atoms with Gasteiger partial charge in [-0.15, -0.1) is 11.8 Å². The van der Waals surface area contributed by atoms with Crippen LogP contribution >= 0.6 is 11.8 Å². The van der Waals surface area contributed by atoms with Crippen LogP contribution in [0.4, 0.5) is 0 Å². The second-order valence-electron chi connectivity index (χ2n) is 4.50. The summed E-state index contributed by atoms with van der Waals surface area (Å²) in [5.41, 5.74) is 0. The van der Waals surface area contributed by atoms with Gasteiger partial charge in [0.05, 0.1) is 0 Å². The number of phenolic OH excluding ortho intramolecular Hbond substituents is 1. The molecule has 0 amide bonds. The summed E-state index contributed by atoms with van der Waals surface area (Å²) in [6, 6.07) is 7.60. The van der Waals surface area contributed by atoms with E-state index in [0.717, 1.165) is 11.2 Å². The molecule has 0 aromatic heterocycles. The lowest BCUT2D eigenvalue weighted by atomic mass is 9.91. The van der Waals surface area contributed by atoms with Crippen molar-refractivity contribution in [2.45, 2.75) is 42.8 Å². The largest absolute Gasteiger partial charge is 0.508 e. The van der Waals surface area contributed by atoms with Crippen LogP contribution in [0.25, 0.3) is 0 Å². The van der Waals surface area contributed by atoms with Crippen molar-refractivity contribution in [2.24, 2.45) is 5.92 Å². The molecule has 1 aliphatic carbocycles. The quantitative estimate of drug-likeness (QED) is 0.814. The highest BCUT2D eigenvalue weighted by atomic mass is 32.2. The minimum absolute atomic E-state index is 0.379. The second-order valence-corrected chi connectivity index (χ2v) is 5.87. The number of thioether (sulfide) groups is 1. The third-order valence-corrected chi connectivity index (χ3v) is 4.41. The Morgan fingerprint density at radius 2 is 1.93 bits per heavy atom. The van der Waals surface area contributed by atoms with E-state index in [1.54, 1.807) is 6.07 Å². The summed E-state index contributed by atoms with van der Waals surface area (Å²) in [6.07, 6.45) is 5.36. The number of hydrogen-bond donors (Lipinski definition) is 1. The van der Waals surface area contributed by atoms with E-state index in [4.69, 9.17) is 0 Å². The van der Waals surface area contributed by atoms with Crippen molar-refractivity contribution >= 4 is 11.8 Å². The van der Waals surface area contributed by atoms with Crippen LogP contribution in [0.15, 0.2) is 29.2 Å². The van der Waals surface area contributed by atoms with Crippen molar-refractivity contribution in [3.8, 4) is 5.75 Å². The summed E-state index contributed by atoms with van der Waals surface area (Å²) in [5, 5.41) is 10.1. The molecule has 2 heteroatoms. The second kappa shape index (κ2) is 4.93.